The Hall–Kier alpha value is -3.52. The molecule has 4 aromatic rings. The molecule has 7 nitrogen and oxygen atoms in total. The molecule has 0 aliphatic heterocycles. The summed E-state index contributed by atoms with van der Waals surface area (Å²) in [6.07, 6.45) is 1.51. The first-order valence-corrected chi connectivity index (χ1v) is 9.47. The van der Waals surface area contributed by atoms with Crippen molar-refractivity contribution in [3.63, 3.8) is 0 Å². The van der Waals surface area contributed by atoms with Gasteiger partial charge in [0.2, 0.25) is 0 Å². The Labute approximate surface area is 165 Å². The number of hydrogen-bond donors (Lipinski definition) is 2. The fourth-order valence-corrected chi connectivity index (χ4v) is 3.52. The molecular formula is C20H17N5O2S. The molecule has 0 aliphatic carbocycles. The lowest BCUT2D eigenvalue weighted by molar-refractivity contribution is 0.102. The second-order valence-electron chi connectivity index (χ2n) is 6.30. The molecule has 8 heteroatoms. The minimum Gasteiger partial charge on any atom is -0.322 e. The fraction of sp³-hybridized carbons (Fsp3) is 0.100. The lowest BCUT2D eigenvalue weighted by Gasteiger charge is -2.08. The molecule has 4 rings (SSSR count). The van der Waals surface area contributed by atoms with E-state index in [0.29, 0.717) is 27.5 Å². The van der Waals surface area contributed by atoms with Crippen LogP contribution in [0.4, 0.5) is 11.4 Å². The average molecular weight is 391 g/mol. The quantitative estimate of drug-likeness (QED) is 0.552. The average Bonchev–Trinajstić information content (AvgIpc) is 3.32. The lowest BCUT2D eigenvalue weighted by Crippen LogP contribution is -2.13. The Bertz CT molecular complexity index is 1180. The smallest absolute Gasteiger partial charge is 0.265 e. The molecule has 2 amide bonds. The van der Waals surface area contributed by atoms with Crippen LogP contribution < -0.4 is 10.6 Å². The molecule has 0 spiro atoms. The van der Waals surface area contributed by atoms with Crippen molar-refractivity contribution in [1.29, 1.82) is 0 Å². The maximum Gasteiger partial charge on any atom is 0.265 e. The van der Waals surface area contributed by atoms with Crippen molar-refractivity contribution in [2.75, 3.05) is 10.6 Å². The van der Waals surface area contributed by atoms with Crippen molar-refractivity contribution in [3.05, 3.63) is 75.9 Å². The van der Waals surface area contributed by atoms with Crippen LogP contribution in [0.1, 0.15) is 31.4 Å². The second kappa shape index (κ2) is 7.24. The largest absolute Gasteiger partial charge is 0.322 e. The molecule has 0 bridgehead atoms. The third-order valence-electron chi connectivity index (χ3n) is 4.15. The number of thiophene rings is 1. The Morgan fingerprint density at radius 1 is 1.00 bits per heavy atom. The Kier molecular flexibility index (Phi) is 4.62. The van der Waals surface area contributed by atoms with Crippen LogP contribution in [-0.2, 0) is 0 Å². The first-order chi connectivity index (χ1) is 13.5. The van der Waals surface area contributed by atoms with Crippen molar-refractivity contribution in [3.8, 4) is 0 Å². The van der Waals surface area contributed by atoms with Crippen LogP contribution >= 0.6 is 11.3 Å². The predicted molar refractivity (Wildman–Crippen MR) is 109 cm³/mol. The van der Waals surface area contributed by atoms with Gasteiger partial charge in [0.25, 0.3) is 11.8 Å². The van der Waals surface area contributed by atoms with Gasteiger partial charge < -0.3 is 10.6 Å². The number of hydrogen-bond acceptors (Lipinski definition) is 5. The lowest BCUT2D eigenvalue weighted by atomic mass is 10.2. The highest BCUT2D eigenvalue weighted by Gasteiger charge is 2.16. The number of aryl methyl sites for hydroxylation is 2. The molecule has 0 radical (unpaired) electrons. The Morgan fingerprint density at radius 3 is 2.46 bits per heavy atom. The van der Waals surface area contributed by atoms with Crippen LogP contribution in [0.25, 0.3) is 5.65 Å². The summed E-state index contributed by atoms with van der Waals surface area (Å²) in [6, 6.07) is 12.5. The Balaban J connectivity index is 1.55. The highest BCUT2D eigenvalue weighted by atomic mass is 32.1. The zero-order chi connectivity index (χ0) is 19.7. The summed E-state index contributed by atoms with van der Waals surface area (Å²) < 4.78 is 1.64. The van der Waals surface area contributed by atoms with E-state index >= 15 is 0 Å². The monoisotopic (exact) mass is 391 g/mol. The molecule has 0 unspecified atom stereocenters. The normalized spacial score (nSPS) is 10.8. The summed E-state index contributed by atoms with van der Waals surface area (Å²) in [5.74, 6) is -0.495. The molecule has 0 atom stereocenters. The summed E-state index contributed by atoms with van der Waals surface area (Å²) in [5.41, 5.74) is 3.79. The van der Waals surface area contributed by atoms with E-state index in [9.17, 15) is 9.59 Å². The van der Waals surface area contributed by atoms with Gasteiger partial charge in [-0.05, 0) is 49.6 Å². The molecule has 28 heavy (non-hydrogen) atoms. The van der Waals surface area contributed by atoms with Gasteiger partial charge >= 0.3 is 0 Å². The third kappa shape index (κ3) is 3.49. The van der Waals surface area contributed by atoms with E-state index < -0.39 is 0 Å². The van der Waals surface area contributed by atoms with Gasteiger partial charge in [-0.25, -0.2) is 9.50 Å². The van der Waals surface area contributed by atoms with Gasteiger partial charge in [0, 0.05) is 22.8 Å². The van der Waals surface area contributed by atoms with Crippen LogP contribution in [0.3, 0.4) is 0 Å². The van der Waals surface area contributed by atoms with Crippen molar-refractivity contribution in [1.82, 2.24) is 14.6 Å². The van der Waals surface area contributed by atoms with E-state index in [0.717, 1.165) is 11.4 Å². The molecular weight excluding hydrogens is 374 g/mol. The first kappa shape index (κ1) is 17.9. The van der Waals surface area contributed by atoms with Crippen molar-refractivity contribution >= 4 is 40.2 Å². The highest BCUT2D eigenvalue weighted by molar-refractivity contribution is 7.12. The van der Waals surface area contributed by atoms with Gasteiger partial charge in [0.05, 0.1) is 11.1 Å². The molecule has 0 aliphatic rings. The summed E-state index contributed by atoms with van der Waals surface area (Å²) in [5, 5.41) is 11.8. The molecule has 0 fully saturated rings. The minimum absolute atomic E-state index is 0.184. The number of carbonyl (C=O) groups is 2. The van der Waals surface area contributed by atoms with E-state index in [2.05, 4.69) is 20.7 Å². The van der Waals surface area contributed by atoms with Gasteiger partial charge in [-0.15, -0.1) is 11.3 Å². The van der Waals surface area contributed by atoms with Crippen LogP contribution in [-0.4, -0.2) is 26.4 Å². The van der Waals surface area contributed by atoms with Gasteiger partial charge in [-0.2, -0.15) is 5.10 Å². The van der Waals surface area contributed by atoms with Crippen molar-refractivity contribution in [2.45, 2.75) is 13.8 Å². The molecule has 0 saturated carbocycles. The van der Waals surface area contributed by atoms with Crippen molar-refractivity contribution < 1.29 is 9.59 Å². The third-order valence-corrected chi connectivity index (χ3v) is 5.01. The summed E-state index contributed by atoms with van der Waals surface area (Å²) in [4.78, 5) is 30.0. The second-order valence-corrected chi connectivity index (χ2v) is 7.25. The van der Waals surface area contributed by atoms with Gasteiger partial charge in [-0.1, -0.05) is 12.1 Å². The SMILES string of the molecule is Cc1cc(C)n2ncc(C(=O)Nc3cccc(NC(=O)c4cccs4)c3)c2n1. The van der Waals surface area contributed by atoms with Crippen LogP contribution in [0.15, 0.2) is 54.0 Å². The minimum atomic E-state index is -0.311. The standard InChI is InChI=1S/C20H17N5O2S/c1-12-9-13(2)25-18(22-12)16(11-21-25)19(26)23-14-5-3-6-15(10-14)24-20(27)17-7-4-8-28-17/h3-11H,1-2H3,(H,23,26)(H,24,27). The van der Waals surface area contributed by atoms with Gasteiger partial charge in [0.1, 0.15) is 5.56 Å². The predicted octanol–water partition coefficient (Wildman–Crippen LogP) is 3.91. The molecule has 2 N–H and O–H groups in total. The number of nitrogens with one attached hydrogen (secondary N) is 2. The van der Waals surface area contributed by atoms with Gasteiger partial charge in [-0.3, -0.25) is 9.59 Å². The van der Waals surface area contributed by atoms with E-state index in [1.54, 1.807) is 34.8 Å². The zero-order valence-corrected chi connectivity index (χ0v) is 16.1. The van der Waals surface area contributed by atoms with Crippen LogP contribution in [0.2, 0.25) is 0 Å². The maximum absolute atomic E-state index is 12.7. The van der Waals surface area contributed by atoms with E-state index in [4.69, 9.17) is 0 Å². The molecule has 140 valence electrons. The first-order valence-electron chi connectivity index (χ1n) is 8.59. The summed E-state index contributed by atoms with van der Waals surface area (Å²) in [6.45, 7) is 3.79. The number of anilines is 2. The molecule has 1 aromatic carbocycles. The summed E-state index contributed by atoms with van der Waals surface area (Å²) >= 11 is 1.37. The van der Waals surface area contributed by atoms with Crippen LogP contribution in [0, 0.1) is 13.8 Å². The van der Waals surface area contributed by atoms with Gasteiger partial charge in [0.15, 0.2) is 5.65 Å². The number of nitrogens with zero attached hydrogens (tertiary/aromatic N) is 3. The number of carbonyl (C=O) groups excluding carboxylic acids is 2. The fourth-order valence-electron chi connectivity index (χ4n) is 2.90. The Morgan fingerprint density at radius 2 is 1.75 bits per heavy atom. The molecule has 3 heterocycles. The van der Waals surface area contributed by atoms with Crippen molar-refractivity contribution in [2.24, 2.45) is 0 Å². The van der Waals surface area contributed by atoms with E-state index in [1.807, 2.05) is 31.4 Å². The number of amides is 2. The highest BCUT2D eigenvalue weighted by Crippen LogP contribution is 2.19. The van der Waals surface area contributed by atoms with E-state index in [1.165, 1.54) is 17.5 Å². The molecule has 3 aromatic heterocycles. The topological polar surface area (TPSA) is 88.4 Å². The number of fused-ring (bicyclic) bond motifs is 1. The summed E-state index contributed by atoms with van der Waals surface area (Å²) in [7, 11) is 0. The molecule has 0 saturated heterocycles. The number of rotatable bonds is 4. The maximum atomic E-state index is 12.7. The zero-order valence-electron chi connectivity index (χ0n) is 15.3. The number of aromatic nitrogens is 3. The number of benzene rings is 1. The van der Waals surface area contributed by atoms with Crippen LogP contribution in [0.5, 0.6) is 0 Å². The van der Waals surface area contributed by atoms with E-state index in [-0.39, 0.29) is 11.8 Å².